The SMILES string of the molecule is COc1ccc(OC)c(Nc2ncnc(Oc3cc(C)cc(C)c3)c2[N+](=O)[O-])c1. The van der Waals surface area contributed by atoms with Gasteiger partial charge in [-0.05, 0) is 49.2 Å². The van der Waals surface area contributed by atoms with Gasteiger partial charge in [0, 0.05) is 6.07 Å². The number of nitrogens with zero attached hydrogens (tertiary/aromatic N) is 3. The second-order valence-electron chi connectivity index (χ2n) is 6.25. The van der Waals surface area contributed by atoms with Crippen LogP contribution in [0.5, 0.6) is 23.1 Å². The molecule has 0 aliphatic rings. The lowest BCUT2D eigenvalue weighted by Crippen LogP contribution is -2.04. The Kier molecular flexibility index (Phi) is 5.77. The van der Waals surface area contributed by atoms with Crippen LogP contribution in [-0.4, -0.2) is 29.1 Å². The molecule has 1 aromatic heterocycles. The minimum atomic E-state index is -0.590. The minimum absolute atomic E-state index is 0.0315. The van der Waals surface area contributed by atoms with Crippen molar-refractivity contribution in [1.82, 2.24) is 9.97 Å². The Morgan fingerprint density at radius 1 is 0.966 bits per heavy atom. The lowest BCUT2D eigenvalue weighted by atomic mass is 10.1. The van der Waals surface area contributed by atoms with E-state index in [1.165, 1.54) is 20.5 Å². The van der Waals surface area contributed by atoms with Gasteiger partial charge in [0.15, 0.2) is 0 Å². The van der Waals surface area contributed by atoms with Crippen LogP contribution in [0.25, 0.3) is 0 Å². The van der Waals surface area contributed by atoms with Gasteiger partial charge in [-0.3, -0.25) is 10.1 Å². The number of methoxy groups -OCH3 is 2. The molecule has 0 atom stereocenters. The van der Waals surface area contributed by atoms with Gasteiger partial charge in [-0.15, -0.1) is 0 Å². The van der Waals surface area contributed by atoms with Crippen LogP contribution in [0.3, 0.4) is 0 Å². The van der Waals surface area contributed by atoms with E-state index in [0.29, 0.717) is 22.9 Å². The fourth-order valence-electron chi connectivity index (χ4n) is 2.84. The monoisotopic (exact) mass is 396 g/mol. The second-order valence-corrected chi connectivity index (χ2v) is 6.25. The average molecular weight is 396 g/mol. The van der Waals surface area contributed by atoms with Gasteiger partial charge in [0.1, 0.15) is 23.6 Å². The molecule has 0 saturated carbocycles. The maximum absolute atomic E-state index is 11.8. The molecule has 0 aliphatic carbocycles. The number of anilines is 2. The summed E-state index contributed by atoms with van der Waals surface area (Å²) in [5.74, 6) is 1.27. The zero-order chi connectivity index (χ0) is 21.0. The predicted molar refractivity (Wildman–Crippen MR) is 108 cm³/mol. The van der Waals surface area contributed by atoms with Crippen LogP contribution < -0.4 is 19.5 Å². The molecule has 9 nitrogen and oxygen atoms in total. The van der Waals surface area contributed by atoms with Crippen LogP contribution in [0, 0.1) is 24.0 Å². The van der Waals surface area contributed by atoms with Crippen LogP contribution >= 0.6 is 0 Å². The minimum Gasteiger partial charge on any atom is -0.497 e. The van der Waals surface area contributed by atoms with Gasteiger partial charge in [-0.1, -0.05) is 6.07 Å². The Balaban J connectivity index is 2.03. The summed E-state index contributed by atoms with van der Waals surface area (Å²) in [6.45, 7) is 3.83. The highest BCUT2D eigenvalue weighted by molar-refractivity contribution is 5.73. The van der Waals surface area contributed by atoms with Gasteiger partial charge in [0.05, 0.1) is 24.8 Å². The Bertz CT molecular complexity index is 1030. The third-order valence-electron chi connectivity index (χ3n) is 4.04. The highest BCUT2D eigenvalue weighted by Crippen LogP contribution is 2.38. The Morgan fingerprint density at radius 2 is 1.69 bits per heavy atom. The van der Waals surface area contributed by atoms with Crippen LogP contribution in [0.15, 0.2) is 42.7 Å². The number of nitrogens with one attached hydrogen (secondary N) is 1. The number of hydrogen-bond donors (Lipinski definition) is 1. The molecule has 0 bridgehead atoms. The highest BCUT2D eigenvalue weighted by atomic mass is 16.6. The maximum atomic E-state index is 11.8. The summed E-state index contributed by atoms with van der Waals surface area (Å²) in [7, 11) is 3.02. The van der Waals surface area contributed by atoms with Gasteiger partial charge in [0.25, 0.3) is 0 Å². The van der Waals surface area contributed by atoms with Crippen molar-refractivity contribution in [2.75, 3.05) is 19.5 Å². The Hall–Kier alpha value is -3.88. The van der Waals surface area contributed by atoms with Gasteiger partial charge in [-0.25, -0.2) is 4.98 Å². The topological polar surface area (TPSA) is 109 Å². The van der Waals surface area contributed by atoms with Crippen molar-refractivity contribution in [2.24, 2.45) is 0 Å². The second kappa shape index (κ2) is 8.42. The summed E-state index contributed by atoms with van der Waals surface area (Å²) in [5.41, 5.74) is 2.00. The van der Waals surface area contributed by atoms with Gasteiger partial charge < -0.3 is 19.5 Å². The number of hydrogen-bond acceptors (Lipinski definition) is 8. The van der Waals surface area contributed by atoms with Gasteiger partial charge in [-0.2, -0.15) is 4.98 Å². The highest BCUT2D eigenvalue weighted by Gasteiger charge is 2.26. The summed E-state index contributed by atoms with van der Waals surface area (Å²) < 4.78 is 16.2. The lowest BCUT2D eigenvalue weighted by Gasteiger charge is -2.13. The first-order valence-electron chi connectivity index (χ1n) is 8.66. The van der Waals surface area contributed by atoms with E-state index in [4.69, 9.17) is 14.2 Å². The quantitative estimate of drug-likeness (QED) is 0.457. The molecule has 0 saturated heterocycles. The number of nitro groups is 1. The average Bonchev–Trinajstić information content (AvgIpc) is 2.67. The summed E-state index contributed by atoms with van der Waals surface area (Å²) in [4.78, 5) is 19.2. The molecular formula is C20H20N4O5. The largest absolute Gasteiger partial charge is 0.497 e. The third-order valence-corrected chi connectivity index (χ3v) is 4.04. The van der Waals surface area contributed by atoms with E-state index in [1.54, 1.807) is 30.3 Å². The molecule has 1 heterocycles. The van der Waals surface area contributed by atoms with Crippen molar-refractivity contribution >= 4 is 17.2 Å². The Morgan fingerprint density at radius 3 is 2.31 bits per heavy atom. The summed E-state index contributed by atoms with van der Waals surface area (Å²) in [6, 6.07) is 10.6. The van der Waals surface area contributed by atoms with E-state index >= 15 is 0 Å². The Labute approximate surface area is 167 Å². The fraction of sp³-hybridized carbons (Fsp3) is 0.200. The van der Waals surface area contributed by atoms with E-state index < -0.39 is 10.6 Å². The van der Waals surface area contributed by atoms with E-state index in [-0.39, 0.29) is 11.7 Å². The van der Waals surface area contributed by atoms with Crippen molar-refractivity contribution in [3.63, 3.8) is 0 Å². The molecule has 2 aromatic carbocycles. The molecule has 1 N–H and O–H groups in total. The number of aryl methyl sites for hydroxylation is 2. The molecule has 9 heteroatoms. The first-order valence-corrected chi connectivity index (χ1v) is 8.66. The zero-order valence-corrected chi connectivity index (χ0v) is 16.4. The lowest BCUT2D eigenvalue weighted by molar-refractivity contribution is -0.385. The molecule has 0 radical (unpaired) electrons. The van der Waals surface area contributed by atoms with Crippen molar-refractivity contribution in [1.29, 1.82) is 0 Å². The number of rotatable bonds is 7. The normalized spacial score (nSPS) is 10.3. The predicted octanol–water partition coefficient (Wildman–Crippen LogP) is 4.55. The van der Waals surface area contributed by atoms with Crippen molar-refractivity contribution in [3.8, 4) is 23.1 Å². The first kappa shape index (κ1) is 19.9. The smallest absolute Gasteiger partial charge is 0.373 e. The zero-order valence-electron chi connectivity index (χ0n) is 16.4. The summed E-state index contributed by atoms with van der Waals surface area (Å²) in [6.07, 6.45) is 1.19. The van der Waals surface area contributed by atoms with Crippen LogP contribution in [-0.2, 0) is 0 Å². The molecule has 0 spiro atoms. The summed E-state index contributed by atoms with van der Waals surface area (Å²) in [5, 5.41) is 14.7. The molecule has 0 unspecified atom stereocenters. The van der Waals surface area contributed by atoms with Gasteiger partial charge in [0.2, 0.25) is 5.82 Å². The molecule has 150 valence electrons. The van der Waals surface area contributed by atoms with Crippen molar-refractivity contribution in [2.45, 2.75) is 13.8 Å². The molecule has 3 aromatic rings. The molecular weight excluding hydrogens is 376 g/mol. The third kappa shape index (κ3) is 4.52. The van der Waals surface area contributed by atoms with Crippen LogP contribution in [0.4, 0.5) is 17.2 Å². The molecule has 0 aliphatic heterocycles. The summed E-state index contributed by atoms with van der Waals surface area (Å²) >= 11 is 0. The molecule has 3 rings (SSSR count). The van der Waals surface area contributed by atoms with E-state index in [9.17, 15) is 10.1 Å². The van der Waals surface area contributed by atoms with E-state index in [2.05, 4.69) is 15.3 Å². The first-order chi connectivity index (χ1) is 13.9. The van der Waals surface area contributed by atoms with E-state index in [1.807, 2.05) is 19.9 Å². The van der Waals surface area contributed by atoms with Crippen LogP contribution in [0.1, 0.15) is 11.1 Å². The van der Waals surface area contributed by atoms with E-state index in [0.717, 1.165) is 11.1 Å². The molecule has 29 heavy (non-hydrogen) atoms. The number of ether oxygens (including phenoxy) is 3. The number of benzene rings is 2. The number of aromatic nitrogens is 2. The standard InChI is InChI=1S/C20H20N4O5/c1-12-7-13(2)9-15(8-12)29-20-18(24(25)26)19(21-11-22-20)23-16-10-14(27-3)5-6-17(16)28-4/h5-11H,1-4H3,(H,21,22,23). The maximum Gasteiger partial charge on any atom is 0.373 e. The fourth-order valence-corrected chi connectivity index (χ4v) is 2.84. The van der Waals surface area contributed by atoms with Crippen LogP contribution in [0.2, 0.25) is 0 Å². The van der Waals surface area contributed by atoms with Crippen molar-refractivity contribution < 1.29 is 19.1 Å². The van der Waals surface area contributed by atoms with Gasteiger partial charge >= 0.3 is 11.6 Å². The van der Waals surface area contributed by atoms with Crippen molar-refractivity contribution in [3.05, 3.63) is 64.0 Å². The molecule has 0 fully saturated rings. The molecule has 0 amide bonds.